The van der Waals surface area contributed by atoms with Crippen molar-refractivity contribution >= 4 is 11.8 Å². The van der Waals surface area contributed by atoms with Gasteiger partial charge in [0.15, 0.2) is 0 Å². The van der Waals surface area contributed by atoms with E-state index in [1.54, 1.807) is 22.0 Å². The number of rotatable bonds is 5. The molecule has 0 bridgehead atoms. The van der Waals surface area contributed by atoms with Crippen LogP contribution in [0.2, 0.25) is 0 Å². The minimum Gasteiger partial charge on any atom is -0.337 e. The molecule has 4 nitrogen and oxygen atoms in total. The van der Waals surface area contributed by atoms with Crippen LogP contribution in [-0.2, 0) is 9.59 Å². The lowest BCUT2D eigenvalue weighted by Gasteiger charge is -2.32. The zero-order valence-electron chi connectivity index (χ0n) is 12.2. The van der Waals surface area contributed by atoms with Crippen molar-refractivity contribution in [1.29, 1.82) is 0 Å². The summed E-state index contributed by atoms with van der Waals surface area (Å²) in [6, 6.07) is 0. The second-order valence-electron chi connectivity index (χ2n) is 5.90. The standard InChI is InChI=1S/C15H24N2O2/c1-6-8-16(9-7-2)14(19)12-10-13(18)17(11-12)15(3,4)5/h6-7,12H,1-2,8-11H2,3-5H3. The number of nitrogens with zero attached hydrogens (tertiary/aromatic N) is 2. The quantitative estimate of drug-likeness (QED) is 0.711. The molecule has 1 unspecified atom stereocenters. The Balaban J connectivity index is 2.76. The van der Waals surface area contributed by atoms with E-state index in [4.69, 9.17) is 0 Å². The average molecular weight is 264 g/mol. The third-order valence-corrected chi connectivity index (χ3v) is 3.29. The van der Waals surface area contributed by atoms with E-state index in [1.165, 1.54) is 0 Å². The van der Waals surface area contributed by atoms with E-state index in [9.17, 15) is 9.59 Å². The van der Waals surface area contributed by atoms with E-state index in [-0.39, 0.29) is 23.3 Å². The summed E-state index contributed by atoms with van der Waals surface area (Å²) in [5.41, 5.74) is -0.228. The zero-order chi connectivity index (χ0) is 14.6. The van der Waals surface area contributed by atoms with Crippen molar-refractivity contribution in [1.82, 2.24) is 9.80 Å². The van der Waals surface area contributed by atoms with E-state index in [0.29, 0.717) is 26.1 Å². The van der Waals surface area contributed by atoms with Gasteiger partial charge in [-0.3, -0.25) is 9.59 Å². The van der Waals surface area contributed by atoms with Crippen LogP contribution in [0.15, 0.2) is 25.3 Å². The molecule has 0 saturated carbocycles. The molecule has 1 fully saturated rings. The van der Waals surface area contributed by atoms with Gasteiger partial charge in [-0.25, -0.2) is 0 Å². The van der Waals surface area contributed by atoms with Crippen LogP contribution in [0.1, 0.15) is 27.2 Å². The topological polar surface area (TPSA) is 40.6 Å². The minimum absolute atomic E-state index is 0.0138. The second kappa shape index (κ2) is 6.04. The van der Waals surface area contributed by atoms with Crippen LogP contribution in [0.25, 0.3) is 0 Å². The highest BCUT2D eigenvalue weighted by Crippen LogP contribution is 2.27. The Bertz CT molecular complexity index is 372. The molecule has 0 aromatic heterocycles. The maximum Gasteiger partial charge on any atom is 0.228 e. The lowest BCUT2D eigenvalue weighted by Crippen LogP contribution is -2.43. The molecule has 0 aliphatic carbocycles. The van der Waals surface area contributed by atoms with E-state index in [2.05, 4.69) is 13.2 Å². The summed E-state index contributed by atoms with van der Waals surface area (Å²) < 4.78 is 0. The van der Waals surface area contributed by atoms with Gasteiger partial charge in [0.1, 0.15) is 0 Å². The highest BCUT2D eigenvalue weighted by atomic mass is 16.2. The van der Waals surface area contributed by atoms with Gasteiger partial charge in [-0.2, -0.15) is 0 Å². The van der Waals surface area contributed by atoms with Crippen molar-refractivity contribution in [3.8, 4) is 0 Å². The molecular formula is C15H24N2O2. The number of amides is 2. The molecular weight excluding hydrogens is 240 g/mol. The summed E-state index contributed by atoms with van der Waals surface area (Å²) in [7, 11) is 0. The molecule has 106 valence electrons. The van der Waals surface area contributed by atoms with Crippen LogP contribution in [0, 0.1) is 5.92 Å². The van der Waals surface area contributed by atoms with Crippen LogP contribution in [0.5, 0.6) is 0 Å². The summed E-state index contributed by atoms with van der Waals surface area (Å²) in [6.45, 7) is 14.8. The first-order chi connectivity index (χ1) is 8.81. The molecule has 0 spiro atoms. The molecule has 1 atom stereocenters. The van der Waals surface area contributed by atoms with Gasteiger partial charge >= 0.3 is 0 Å². The summed E-state index contributed by atoms with van der Waals surface area (Å²) in [6.07, 6.45) is 3.69. The fourth-order valence-electron chi connectivity index (χ4n) is 2.35. The Morgan fingerprint density at radius 2 is 1.89 bits per heavy atom. The molecule has 0 aromatic rings. The maximum absolute atomic E-state index is 12.4. The molecule has 0 N–H and O–H groups in total. The normalized spacial score (nSPS) is 19.4. The van der Waals surface area contributed by atoms with Gasteiger partial charge in [0, 0.05) is 31.6 Å². The average Bonchev–Trinajstić information content (AvgIpc) is 2.70. The Morgan fingerprint density at radius 3 is 2.26 bits per heavy atom. The number of carbonyl (C=O) groups excluding carboxylic acids is 2. The van der Waals surface area contributed by atoms with E-state index < -0.39 is 0 Å². The molecule has 1 aliphatic heterocycles. The van der Waals surface area contributed by atoms with E-state index in [1.807, 2.05) is 20.8 Å². The van der Waals surface area contributed by atoms with Crippen LogP contribution >= 0.6 is 0 Å². The molecule has 19 heavy (non-hydrogen) atoms. The van der Waals surface area contributed by atoms with Crippen molar-refractivity contribution in [2.24, 2.45) is 5.92 Å². The number of hydrogen-bond acceptors (Lipinski definition) is 2. The predicted octanol–water partition coefficient (Wildman–Crippen LogP) is 1.83. The van der Waals surface area contributed by atoms with E-state index in [0.717, 1.165) is 0 Å². The van der Waals surface area contributed by atoms with Crippen LogP contribution < -0.4 is 0 Å². The Kier molecular flexibility index (Phi) is 4.92. The largest absolute Gasteiger partial charge is 0.337 e. The molecule has 2 amide bonds. The zero-order valence-corrected chi connectivity index (χ0v) is 12.2. The molecule has 4 heteroatoms. The molecule has 0 aromatic carbocycles. The first kappa shape index (κ1) is 15.5. The van der Waals surface area contributed by atoms with Crippen molar-refractivity contribution in [2.45, 2.75) is 32.7 Å². The maximum atomic E-state index is 12.4. The minimum atomic E-state index is -0.244. The Morgan fingerprint density at radius 1 is 1.37 bits per heavy atom. The molecule has 1 rings (SSSR count). The van der Waals surface area contributed by atoms with E-state index >= 15 is 0 Å². The second-order valence-corrected chi connectivity index (χ2v) is 5.90. The number of hydrogen-bond donors (Lipinski definition) is 0. The van der Waals surface area contributed by atoms with Crippen molar-refractivity contribution in [3.63, 3.8) is 0 Å². The summed E-state index contributed by atoms with van der Waals surface area (Å²) in [4.78, 5) is 27.9. The number of carbonyl (C=O) groups is 2. The highest BCUT2D eigenvalue weighted by molar-refractivity contribution is 5.89. The molecule has 0 radical (unpaired) electrons. The smallest absolute Gasteiger partial charge is 0.228 e. The summed E-state index contributed by atoms with van der Waals surface area (Å²) in [5, 5.41) is 0. The van der Waals surface area contributed by atoms with Crippen LogP contribution in [0.3, 0.4) is 0 Å². The van der Waals surface area contributed by atoms with Gasteiger partial charge in [0.05, 0.1) is 5.92 Å². The first-order valence-electron chi connectivity index (χ1n) is 6.62. The van der Waals surface area contributed by atoms with Gasteiger partial charge in [-0.05, 0) is 20.8 Å². The van der Waals surface area contributed by atoms with Gasteiger partial charge in [-0.1, -0.05) is 12.2 Å². The van der Waals surface area contributed by atoms with Gasteiger partial charge in [0.25, 0.3) is 0 Å². The lowest BCUT2D eigenvalue weighted by atomic mass is 10.1. The molecule has 1 aliphatic rings. The fourth-order valence-corrected chi connectivity index (χ4v) is 2.35. The highest BCUT2D eigenvalue weighted by Gasteiger charge is 2.40. The molecule has 1 heterocycles. The SMILES string of the molecule is C=CCN(CC=C)C(=O)C1CC(=O)N(C(C)(C)C)C1. The van der Waals surface area contributed by atoms with Crippen LogP contribution in [-0.4, -0.2) is 46.8 Å². The van der Waals surface area contributed by atoms with Gasteiger partial charge < -0.3 is 9.80 Å². The van der Waals surface area contributed by atoms with Gasteiger partial charge in [-0.15, -0.1) is 13.2 Å². The third kappa shape index (κ3) is 3.69. The predicted molar refractivity (Wildman–Crippen MR) is 76.5 cm³/mol. The van der Waals surface area contributed by atoms with Gasteiger partial charge in [0.2, 0.25) is 11.8 Å². The molecule has 1 saturated heterocycles. The lowest BCUT2D eigenvalue weighted by molar-refractivity contribution is -0.135. The summed E-state index contributed by atoms with van der Waals surface area (Å²) >= 11 is 0. The van der Waals surface area contributed by atoms with Crippen molar-refractivity contribution < 1.29 is 9.59 Å². The fraction of sp³-hybridized carbons (Fsp3) is 0.600. The van der Waals surface area contributed by atoms with Crippen molar-refractivity contribution in [2.75, 3.05) is 19.6 Å². The monoisotopic (exact) mass is 264 g/mol. The number of likely N-dealkylation sites (tertiary alicyclic amines) is 1. The Hall–Kier alpha value is -1.58. The summed E-state index contributed by atoms with van der Waals surface area (Å²) in [5.74, 6) is -0.172. The van der Waals surface area contributed by atoms with Crippen molar-refractivity contribution in [3.05, 3.63) is 25.3 Å². The Labute approximate surface area is 115 Å². The van der Waals surface area contributed by atoms with Crippen LogP contribution in [0.4, 0.5) is 0 Å². The third-order valence-electron chi connectivity index (χ3n) is 3.29. The first-order valence-corrected chi connectivity index (χ1v) is 6.62.